The summed E-state index contributed by atoms with van der Waals surface area (Å²) in [6.45, 7) is 7.42. The molecule has 4 rings (SSSR count). The van der Waals surface area contributed by atoms with Gasteiger partial charge < -0.3 is 20.1 Å². The Morgan fingerprint density at radius 1 is 1.31 bits per heavy atom. The van der Waals surface area contributed by atoms with Gasteiger partial charge in [-0.1, -0.05) is 30.3 Å². The first kappa shape index (κ1) is 23.1. The zero-order valence-electron chi connectivity index (χ0n) is 19.0. The van der Waals surface area contributed by atoms with E-state index in [9.17, 15) is 19.5 Å². The van der Waals surface area contributed by atoms with Crippen LogP contribution >= 0.6 is 11.8 Å². The maximum atomic E-state index is 14.0. The van der Waals surface area contributed by atoms with Crippen molar-refractivity contribution in [1.82, 2.24) is 10.2 Å². The third-order valence-electron chi connectivity index (χ3n) is 6.74. The summed E-state index contributed by atoms with van der Waals surface area (Å²) in [7, 11) is 0. The van der Waals surface area contributed by atoms with Gasteiger partial charge in [-0.3, -0.25) is 14.4 Å². The SMILES string of the molecule is CCOC(=O)[C@@H]1[C@@H]2CCC3(S2)C(C(=O)NC(C)(C)C)N([C@H](CO)c2ccccc2)C(=O)[C@H]13. The fourth-order valence-corrected chi connectivity index (χ4v) is 7.89. The van der Waals surface area contributed by atoms with E-state index in [0.717, 1.165) is 12.0 Å². The number of nitrogens with one attached hydrogen (secondary N) is 1. The number of ether oxygens (including phenoxy) is 1. The summed E-state index contributed by atoms with van der Waals surface area (Å²) in [5.41, 5.74) is 0.282. The second-order valence-corrected chi connectivity index (χ2v) is 11.5. The number of amides is 2. The molecule has 0 saturated carbocycles. The van der Waals surface area contributed by atoms with Gasteiger partial charge in [-0.15, -0.1) is 11.8 Å². The van der Waals surface area contributed by atoms with Crippen molar-refractivity contribution in [2.45, 2.75) is 68.2 Å². The van der Waals surface area contributed by atoms with Crippen molar-refractivity contribution in [2.24, 2.45) is 11.8 Å². The Morgan fingerprint density at radius 2 is 2.00 bits per heavy atom. The highest BCUT2D eigenvalue weighted by atomic mass is 32.2. The largest absolute Gasteiger partial charge is 0.466 e. The van der Waals surface area contributed by atoms with E-state index in [1.165, 1.54) is 0 Å². The van der Waals surface area contributed by atoms with E-state index in [-0.39, 0.29) is 36.2 Å². The molecule has 1 aromatic carbocycles. The number of aliphatic hydroxyl groups is 1. The number of aliphatic hydroxyl groups excluding tert-OH is 1. The van der Waals surface area contributed by atoms with Crippen LogP contribution in [0.5, 0.6) is 0 Å². The molecule has 6 atom stereocenters. The predicted octanol–water partition coefficient (Wildman–Crippen LogP) is 2.29. The van der Waals surface area contributed by atoms with Crippen LogP contribution < -0.4 is 5.32 Å². The van der Waals surface area contributed by atoms with E-state index < -0.39 is 34.2 Å². The van der Waals surface area contributed by atoms with Crippen molar-refractivity contribution < 1.29 is 24.2 Å². The van der Waals surface area contributed by atoms with Gasteiger partial charge in [0.05, 0.1) is 35.8 Å². The molecule has 3 saturated heterocycles. The lowest BCUT2D eigenvalue weighted by Crippen LogP contribution is -2.57. The molecule has 32 heavy (non-hydrogen) atoms. The highest BCUT2D eigenvalue weighted by molar-refractivity contribution is 8.02. The summed E-state index contributed by atoms with van der Waals surface area (Å²) in [5.74, 6) is -2.03. The summed E-state index contributed by atoms with van der Waals surface area (Å²) in [6.07, 6.45) is 1.44. The normalized spacial score (nSPS) is 32.0. The minimum absolute atomic E-state index is 0.0283. The molecule has 3 heterocycles. The van der Waals surface area contributed by atoms with Crippen molar-refractivity contribution in [2.75, 3.05) is 13.2 Å². The van der Waals surface area contributed by atoms with E-state index in [0.29, 0.717) is 6.42 Å². The Balaban J connectivity index is 1.81. The van der Waals surface area contributed by atoms with Crippen molar-refractivity contribution >= 4 is 29.5 Å². The van der Waals surface area contributed by atoms with Crippen molar-refractivity contribution in [3.8, 4) is 0 Å². The number of thioether (sulfide) groups is 1. The van der Waals surface area contributed by atoms with E-state index in [1.54, 1.807) is 23.6 Å². The van der Waals surface area contributed by atoms with Gasteiger partial charge in [-0.25, -0.2) is 0 Å². The predicted molar refractivity (Wildman–Crippen MR) is 122 cm³/mol. The number of esters is 1. The van der Waals surface area contributed by atoms with Gasteiger partial charge in [0.1, 0.15) is 6.04 Å². The number of nitrogens with zero attached hydrogens (tertiary/aromatic N) is 1. The van der Waals surface area contributed by atoms with Crippen molar-refractivity contribution in [3.63, 3.8) is 0 Å². The van der Waals surface area contributed by atoms with Crippen LogP contribution in [0.4, 0.5) is 0 Å². The number of carbonyl (C=O) groups is 3. The fraction of sp³-hybridized carbons (Fsp3) is 0.625. The van der Waals surface area contributed by atoms with Gasteiger partial charge in [0.2, 0.25) is 11.8 Å². The number of fused-ring (bicyclic) bond motifs is 1. The first-order chi connectivity index (χ1) is 15.1. The average Bonchev–Trinajstić information content (AvgIpc) is 3.36. The summed E-state index contributed by atoms with van der Waals surface area (Å²) >= 11 is 1.60. The number of hydrogen-bond donors (Lipinski definition) is 2. The van der Waals surface area contributed by atoms with Crippen LogP contribution in [0.1, 0.15) is 52.1 Å². The number of likely N-dealkylation sites (tertiary alicyclic amines) is 1. The third kappa shape index (κ3) is 3.61. The maximum absolute atomic E-state index is 14.0. The number of rotatable bonds is 6. The molecule has 1 aromatic rings. The molecule has 0 aromatic heterocycles. The lowest BCUT2D eigenvalue weighted by Gasteiger charge is -2.38. The van der Waals surface area contributed by atoms with Gasteiger partial charge in [-0.2, -0.15) is 0 Å². The summed E-state index contributed by atoms with van der Waals surface area (Å²) in [5, 5.41) is 13.4. The highest BCUT2D eigenvalue weighted by Crippen LogP contribution is 2.67. The molecule has 3 fully saturated rings. The molecule has 3 aliphatic heterocycles. The molecule has 0 aliphatic carbocycles. The van der Waals surface area contributed by atoms with Crippen LogP contribution in [0.25, 0.3) is 0 Å². The molecule has 2 N–H and O–H groups in total. The number of benzene rings is 1. The van der Waals surface area contributed by atoms with Crippen LogP contribution in [0, 0.1) is 11.8 Å². The number of carbonyl (C=O) groups excluding carboxylic acids is 3. The van der Waals surface area contributed by atoms with E-state index in [2.05, 4.69) is 5.32 Å². The van der Waals surface area contributed by atoms with Gasteiger partial charge in [0.15, 0.2) is 0 Å². The highest BCUT2D eigenvalue weighted by Gasteiger charge is 2.74. The third-order valence-corrected chi connectivity index (χ3v) is 8.69. The quantitative estimate of drug-likeness (QED) is 0.633. The second kappa shape index (κ2) is 8.37. The van der Waals surface area contributed by atoms with Crippen LogP contribution in [-0.2, 0) is 19.1 Å². The summed E-state index contributed by atoms with van der Waals surface area (Å²) in [4.78, 5) is 42.1. The fourth-order valence-electron chi connectivity index (χ4n) is 5.70. The lowest BCUT2D eigenvalue weighted by molar-refractivity contribution is -0.154. The molecule has 8 heteroatoms. The van der Waals surface area contributed by atoms with Gasteiger partial charge >= 0.3 is 5.97 Å². The van der Waals surface area contributed by atoms with Gasteiger partial charge in [0, 0.05) is 10.8 Å². The molecule has 2 bridgehead atoms. The smallest absolute Gasteiger partial charge is 0.310 e. The van der Waals surface area contributed by atoms with Crippen molar-refractivity contribution in [3.05, 3.63) is 35.9 Å². The number of hydrogen-bond acceptors (Lipinski definition) is 6. The Hall–Kier alpha value is -2.06. The Morgan fingerprint density at radius 3 is 2.59 bits per heavy atom. The van der Waals surface area contributed by atoms with E-state index >= 15 is 0 Å². The topological polar surface area (TPSA) is 95.9 Å². The maximum Gasteiger partial charge on any atom is 0.310 e. The van der Waals surface area contributed by atoms with Crippen LogP contribution in [0.15, 0.2) is 30.3 Å². The first-order valence-electron chi connectivity index (χ1n) is 11.3. The summed E-state index contributed by atoms with van der Waals surface area (Å²) in [6, 6.07) is 7.84. The average molecular weight is 461 g/mol. The molecule has 1 spiro atoms. The van der Waals surface area contributed by atoms with Crippen LogP contribution in [-0.4, -0.2) is 62.6 Å². The molecule has 0 radical (unpaired) electrons. The zero-order chi connectivity index (χ0) is 23.3. The van der Waals surface area contributed by atoms with Gasteiger partial charge in [-0.05, 0) is 46.1 Å². The van der Waals surface area contributed by atoms with Crippen LogP contribution in [0.3, 0.4) is 0 Å². The minimum Gasteiger partial charge on any atom is -0.466 e. The summed E-state index contributed by atoms with van der Waals surface area (Å²) < 4.78 is 4.64. The van der Waals surface area contributed by atoms with Crippen LogP contribution in [0.2, 0.25) is 0 Å². The molecular formula is C24H32N2O5S. The minimum atomic E-state index is -0.772. The van der Waals surface area contributed by atoms with E-state index in [1.807, 2.05) is 51.1 Å². The molecule has 7 nitrogen and oxygen atoms in total. The Bertz CT molecular complexity index is 901. The van der Waals surface area contributed by atoms with E-state index in [4.69, 9.17) is 4.74 Å². The lowest BCUT2D eigenvalue weighted by atomic mass is 9.71. The molecule has 2 amide bonds. The molecule has 3 aliphatic rings. The first-order valence-corrected chi connectivity index (χ1v) is 12.2. The monoisotopic (exact) mass is 460 g/mol. The molecule has 2 unspecified atom stereocenters. The zero-order valence-corrected chi connectivity index (χ0v) is 19.9. The second-order valence-electron chi connectivity index (χ2n) is 9.90. The Kier molecular flexibility index (Phi) is 6.05. The van der Waals surface area contributed by atoms with Gasteiger partial charge in [0.25, 0.3) is 0 Å². The molecular weight excluding hydrogens is 428 g/mol. The standard InChI is InChI=1S/C24H32N2O5S/c1-5-31-22(30)17-16-11-12-24(32-16)18(17)21(29)26(19(24)20(28)25-23(2,3)4)15(13-27)14-9-7-6-8-10-14/h6-10,15-19,27H,5,11-13H2,1-4H3,(H,25,28)/t15-,16+,17-,18+,19?,24?/m1/s1. The Labute approximate surface area is 193 Å². The van der Waals surface area contributed by atoms with Crippen molar-refractivity contribution in [1.29, 1.82) is 0 Å². The molecule has 174 valence electrons.